The largest absolute Gasteiger partial charge is 0.467 e. The zero-order chi connectivity index (χ0) is 14.5. The number of hydrogen-bond acceptors (Lipinski definition) is 5. The maximum atomic E-state index is 12.3. The monoisotopic (exact) mass is 258 g/mol. The van der Waals surface area contributed by atoms with Crippen LogP contribution < -0.4 is 11.5 Å². The number of ether oxygens (including phenoxy) is 1. The average Bonchev–Trinajstić information content (AvgIpc) is 2.24. The van der Waals surface area contributed by atoms with Gasteiger partial charge in [0.1, 0.15) is 0 Å². The second-order valence-electron chi connectivity index (χ2n) is 5.66. The Balaban J connectivity index is 5.07. The van der Waals surface area contributed by atoms with E-state index in [9.17, 15) is 9.59 Å². The molecule has 18 heavy (non-hydrogen) atoms. The van der Waals surface area contributed by atoms with Crippen LogP contribution in [0.25, 0.3) is 0 Å². The van der Waals surface area contributed by atoms with Crippen molar-refractivity contribution >= 4 is 11.8 Å². The molecule has 5 heteroatoms. The quantitative estimate of drug-likeness (QED) is 0.521. The smallest absolute Gasteiger partial charge is 0.333 e. The van der Waals surface area contributed by atoms with Crippen molar-refractivity contribution in [1.29, 1.82) is 0 Å². The van der Waals surface area contributed by atoms with Crippen molar-refractivity contribution in [1.82, 2.24) is 0 Å². The highest BCUT2D eigenvalue weighted by Crippen LogP contribution is 2.20. The Labute approximate surface area is 109 Å². The highest BCUT2D eigenvalue weighted by Gasteiger charge is 2.45. The molecule has 5 nitrogen and oxygen atoms in total. The van der Waals surface area contributed by atoms with Gasteiger partial charge in [-0.25, -0.2) is 4.79 Å². The summed E-state index contributed by atoms with van der Waals surface area (Å²) in [6.45, 7) is 7.72. The van der Waals surface area contributed by atoms with Crippen molar-refractivity contribution in [2.75, 3.05) is 7.11 Å². The van der Waals surface area contributed by atoms with Gasteiger partial charge in [-0.2, -0.15) is 0 Å². The zero-order valence-corrected chi connectivity index (χ0v) is 12.0. The molecule has 0 unspecified atom stereocenters. The van der Waals surface area contributed by atoms with Gasteiger partial charge < -0.3 is 16.2 Å². The Morgan fingerprint density at radius 3 is 2.00 bits per heavy atom. The minimum absolute atomic E-state index is 0.101. The molecular weight excluding hydrogens is 232 g/mol. The maximum absolute atomic E-state index is 12.3. The summed E-state index contributed by atoms with van der Waals surface area (Å²) in [6.07, 6.45) is 0.747. The third kappa shape index (κ3) is 4.38. The predicted octanol–water partition coefficient (Wildman–Crippen LogP) is 0.845. The van der Waals surface area contributed by atoms with E-state index in [4.69, 9.17) is 11.5 Å². The molecular formula is C13H26N2O3. The Morgan fingerprint density at radius 2 is 1.67 bits per heavy atom. The summed E-state index contributed by atoms with van der Waals surface area (Å²) in [5.74, 6) is -0.772. The third-order valence-corrected chi connectivity index (χ3v) is 2.78. The molecule has 106 valence electrons. The molecule has 0 heterocycles. The van der Waals surface area contributed by atoms with Crippen molar-refractivity contribution in [2.45, 2.75) is 52.1 Å². The second-order valence-corrected chi connectivity index (χ2v) is 5.66. The minimum atomic E-state index is -1.63. The van der Waals surface area contributed by atoms with E-state index in [2.05, 4.69) is 4.74 Å². The third-order valence-electron chi connectivity index (χ3n) is 2.78. The van der Waals surface area contributed by atoms with E-state index in [-0.39, 0.29) is 18.3 Å². The SMILES string of the molecule is COC(=O)[C@@](N)(CC(C)C)C(=O)[C@@H](N)CC(C)C. The molecule has 0 saturated carbocycles. The lowest BCUT2D eigenvalue weighted by molar-refractivity contribution is -0.152. The van der Waals surface area contributed by atoms with Gasteiger partial charge in [0.2, 0.25) is 0 Å². The van der Waals surface area contributed by atoms with Crippen LogP contribution in [0.15, 0.2) is 0 Å². The van der Waals surface area contributed by atoms with Crippen LogP contribution in [0.4, 0.5) is 0 Å². The number of rotatable bonds is 7. The number of Topliss-reactive ketones (excluding diaryl/α,β-unsaturated/α-hetero) is 1. The summed E-state index contributed by atoms with van der Waals surface area (Å²) in [5.41, 5.74) is 10.2. The molecule has 0 bridgehead atoms. The van der Waals surface area contributed by atoms with Gasteiger partial charge in [-0.1, -0.05) is 27.7 Å². The fourth-order valence-corrected chi connectivity index (χ4v) is 2.06. The number of hydrogen-bond donors (Lipinski definition) is 2. The first kappa shape index (κ1) is 17.1. The van der Waals surface area contributed by atoms with E-state index in [0.717, 1.165) is 0 Å². The number of esters is 1. The number of nitrogens with two attached hydrogens (primary N) is 2. The molecule has 0 radical (unpaired) electrons. The van der Waals surface area contributed by atoms with Gasteiger partial charge in [0.25, 0.3) is 0 Å². The Morgan fingerprint density at radius 1 is 1.17 bits per heavy atom. The van der Waals surface area contributed by atoms with E-state index in [0.29, 0.717) is 6.42 Å². The highest BCUT2D eigenvalue weighted by atomic mass is 16.5. The molecule has 0 aromatic heterocycles. The molecule has 4 N–H and O–H groups in total. The Hall–Kier alpha value is -0.940. The first-order valence-corrected chi connectivity index (χ1v) is 6.32. The van der Waals surface area contributed by atoms with Crippen molar-refractivity contribution in [3.63, 3.8) is 0 Å². The predicted molar refractivity (Wildman–Crippen MR) is 70.8 cm³/mol. The van der Waals surface area contributed by atoms with Crippen LogP contribution in [-0.4, -0.2) is 30.4 Å². The standard InChI is InChI=1S/C13H26N2O3/c1-8(2)6-10(14)11(16)13(15,7-9(3)4)12(17)18-5/h8-10H,6-7,14-15H2,1-5H3/t10-,13+/m0/s1. The van der Waals surface area contributed by atoms with E-state index < -0.39 is 23.3 Å². The van der Waals surface area contributed by atoms with E-state index in [1.54, 1.807) is 0 Å². The van der Waals surface area contributed by atoms with E-state index in [1.807, 2.05) is 27.7 Å². The molecule has 0 fully saturated rings. The summed E-state index contributed by atoms with van der Waals surface area (Å²) >= 11 is 0. The minimum Gasteiger partial charge on any atom is -0.467 e. The summed E-state index contributed by atoms with van der Waals surface area (Å²) in [7, 11) is 1.23. The number of methoxy groups -OCH3 is 1. The van der Waals surface area contributed by atoms with Crippen LogP contribution in [0.1, 0.15) is 40.5 Å². The zero-order valence-electron chi connectivity index (χ0n) is 12.0. The first-order valence-electron chi connectivity index (χ1n) is 6.32. The molecule has 0 aromatic carbocycles. The van der Waals surface area contributed by atoms with Crippen LogP contribution in [0.3, 0.4) is 0 Å². The van der Waals surface area contributed by atoms with Gasteiger partial charge >= 0.3 is 5.97 Å². The molecule has 2 atom stereocenters. The average molecular weight is 258 g/mol. The summed E-state index contributed by atoms with van der Waals surface area (Å²) in [4.78, 5) is 24.1. The van der Waals surface area contributed by atoms with Gasteiger partial charge in [0.05, 0.1) is 13.2 Å². The lowest BCUT2D eigenvalue weighted by atomic mass is 9.81. The molecule has 0 aromatic rings. The first-order chi connectivity index (χ1) is 8.15. The van der Waals surface area contributed by atoms with E-state index in [1.165, 1.54) is 7.11 Å². The van der Waals surface area contributed by atoms with Gasteiger partial charge in [-0.15, -0.1) is 0 Å². The number of ketones is 1. The van der Waals surface area contributed by atoms with Crippen LogP contribution in [0.2, 0.25) is 0 Å². The summed E-state index contributed by atoms with van der Waals surface area (Å²) in [5, 5.41) is 0. The van der Waals surface area contributed by atoms with Gasteiger partial charge in [-0.05, 0) is 24.7 Å². The normalized spacial score (nSPS) is 16.5. The lowest BCUT2D eigenvalue weighted by Gasteiger charge is -2.29. The lowest BCUT2D eigenvalue weighted by Crippen LogP contribution is -2.61. The number of carbonyl (C=O) groups excluding carboxylic acids is 2. The molecule has 0 aliphatic rings. The summed E-state index contributed by atoms with van der Waals surface area (Å²) in [6, 6.07) is -0.729. The summed E-state index contributed by atoms with van der Waals surface area (Å²) < 4.78 is 4.65. The molecule has 0 aliphatic heterocycles. The second kappa shape index (κ2) is 6.85. The molecule has 0 saturated heterocycles. The fourth-order valence-electron chi connectivity index (χ4n) is 2.06. The molecule has 0 aliphatic carbocycles. The topological polar surface area (TPSA) is 95.4 Å². The van der Waals surface area contributed by atoms with Crippen molar-refractivity contribution in [3.8, 4) is 0 Å². The highest BCUT2D eigenvalue weighted by molar-refractivity contribution is 6.10. The van der Waals surface area contributed by atoms with Crippen LogP contribution in [-0.2, 0) is 14.3 Å². The Kier molecular flexibility index (Phi) is 6.49. The number of carbonyl (C=O) groups is 2. The fraction of sp³-hybridized carbons (Fsp3) is 0.846. The van der Waals surface area contributed by atoms with Gasteiger partial charge in [0.15, 0.2) is 11.3 Å². The molecule has 0 spiro atoms. The van der Waals surface area contributed by atoms with Crippen LogP contribution >= 0.6 is 0 Å². The van der Waals surface area contributed by atoms with Crippen LogP contribution in [0.5, 0.6) is 0 Å². The van der Waals surface area contributed by atoms with Crippen molar-refractivity contribution in [3.05, 3.63) is 0 Å². The molecule has 0 rings (SSSR count). The van der Waals surface area contributed by atoms with Gasteiger partial charge in [-0.3, -0.25) is 4.79 Å². The molecule has 0 amide bonds. The van der Waals surface area contributed by atoms with Crippen molar-refractivity contribution in [2.24, 2.45) is 23.3 Å². The maximum Gasteiger partial charge on any atom is 0.333 e. The van der Waals surface area contributed by atoms with E-state index >= 15 is 0 Å². The van der Waals surface area contributed by atoms with Crippen LogP contribution in [0, 0.1) is 11.8 Å². The Bertz CT molecular complexity index is 303. The van der Waals surface area contributed by atoms with Crippen molar-refractivity contribution < 1.29 is 14.3 Å². The van der Waals surface area contributed by atoms with Gasteiger partial charge in [0, 0.05) is 0 Å².